The minimum atomic E-state index is -0.699. The van der Waals surface area contributed by atoms with Crippen LogP contribution in [0.5, 0.6) is 0 Å². The predicted molar refractivity (Wildman–Crippen MR) is 58.3 cm³/mol. The number of amides is 1. The van der Waals surface area contributed by atoms with Gasteiger partial charge in [0.25, 0.3) is 0 Å². The molecule has 0 radical (unpaired) electrons. The molecule has 1 amide bonds. The summed E-state index contributed by atoms with van der Waals surface area (Å²) in [6.07, 6.45) is 0.377. The summed E-state index contributed by atoms with van der Waals surface area (Å²) in [6, 6.07) is 0. The molecule has 16 heavy (non-hydrogen) atoms. The first kappa shape index (κ1) is 11.2. The molecular formula is C12H17NO3. The van der Waals surface area contributed by atoms with Gasteiger partial charge in [0, 0.05) is 12.3 Å². The Morgan fingerprint density at radius 3 is 2.56 bits per heavy atom. The monoisotopic (exact) mass is 223 g/mol. The molecule has 88 valence electrons. The highest BCUT2D eigenvalue weighted by molar-refractivity contribution is 5.97. The minimum Gasteiger partial charge on any atom is -0.450 e. The van der Waals surface area contributed by atoms with E-state index < -0.39 is 5.60 Å². The summed E-state index contributed by atoms with van der Waals surface area (Å²) >= 11 is 0. The highest BCUT2D eigenvalue weighted by atomic mass is 16.6. The molecule has 0 fully saturated rings. The minimum absolute atomic E-state index is 0.0157. The van der Waals surface area contributed by atoms with Gasteiger partial charge >= 0.3 is 5.97 Å². The lowest BCUT2D eigenvalue weighted by molar-refractivity contribution is -0.145. The van der Waals surface area contributed by atoms with Crippen LogP contribution in [0.3, 0.4) is 0 Å². The number of nitrogens with one attached hydrogen (secondary N) is 1. The number of ether oxygens (including phenoxy) is 1. The van der Waals surface area contributed by atoms with Crippen molar-refractivity contribution in [2.24, 2.45) is 11.8 Å². The molecule has 2 aliphatic heterocycles. The van der Waals surface area contributed by atoms with Crippen LogP contribution < -0.4 is 5.32 Å². The molecule has 0 saturated carbocycles. The van der Waals surface area contributed by atoms with Crippen molar-refractivity contribution in [2.45, 2.75) is 39.7 Å². The maximum atomic E-state index is 11.8. The summed E-state index contributed by atoms with van der Waals surface area (Å²) in [4.78, 5) is 23.4. The third-order valence-electron chi connectivity index (χ3n) is 3.28. The fourth-order valence-corrected chi connectivity index (χ4v) is 2.38. The second kappa shape index (κ2) is 3.34. The van der Waals surface area contributed by atoms with Crippen LogP contribution in [-0.2, 0) is 14.3 Å². The normalized spacial score (nSPS) is 27.9. The van der Waals surface area contributed by atoms with E-state index in [0.717, 1.165) is 0 Å². The van der Waals surface area contributed by atoms with Gasteiger partial charge in [-0.1, -0.05) is 13.8 Å². The van der Waals surface area contributed by atoms with Crippen molar-refractivity contribution >= 4 is 11.9 Å². The SMILES string of the molecule is CC(C)[C@H]1CC(=O)NC2=C1C(=O)OC2(C)C. The summed E-state index contributed by atoms with van der Waals surface area (Å²) < 4.78 is 5.30. The summed E-state index contributed by atoms with van der Waals surface area (Å²) in [6.45, 7) is 7.64. The first-order valence-corrected chi connectivity index (χ1v) is 5.61. The molecule has 2 aliphatic rings. The molecule has 2 heterocycles. The van der Waals surface area contributed by atoms with Crippen LogP contribution in [0.15, 0.2) is 11.3 Å². The van der Waals surface area contributed by atoms with Gasteiger partial charge in [0.2, 0.25) is 5.91 Å². The maximum Gasteiger partial charge on any atom is 0.337 e. The van der Waals surface area contributed by atoms with E-state index in [1.54, 1.807) is 13.8 Å². The number of rotatable bonds is 1. The standard InChI is InChI=1S/C12H17NO3/c1-6(2)7-5-8(14)13-10-9(7)11(15)16-12(10,3)4/h6-7H,5H2,1-4H3,(H,13,14)/t7-/m1/s1. The van der Waals surface area contributed by atoms with E-state index in [4.69, 9.17) is 4.74 Å². The van der Waals surface area contributed by atoms with Gasteiger partial charge in [0.05, 0.1) is 11.3 Å². The number of cyclic esters (lactones) is 1. The fourth-order valence-electron chi connectivity index (χ4n) is 2.38. The van der Waals surface area contributed by atoms with Crippen LogP contribution in [0.2, 0.25) is 0 Å². The summed E-state index contributed by atoms with van der Waals surface area (Å²) in [5.41, 5.74) is 0.627. The molecule has 1 N–H and O–H groups in total. The quantitative estimate of drug-likeness (QED) is 0.683. The molecule has 4 nitrogen and oxygen atoms in total. The lowest BCUT2D eigenvalue weighted by Gasteiger charge is -2.28. The number of esters is 1. The summed E-state index contributed by atoms with van der Waals surface area (Å²) in [7, 11) is 0. The first-order chi connectivity index (χ1) is 7.33. The van der Waals surface area contributed by atoms with Crippen LogP contribution in [-0.4, -0.2) is 17.5 Å². The van der Waals surface area contributed by atoms with Gasteiger partial charge in [-0.2, -0.15) is 0 Å². The Kier molecular flexibility index (Phi) is 2.33. The van der Waals surface area contributed by atoms with Crippen LogP contribution >= 0.6 is 0 Å². The maximum absolute atomic E-state index is 11.8. The molecule has 1 atom stereocenters. The van der Waals surface area contributed by atoms with E-state index in [2.05, 4.69) is 5.32 Å². The Hall–Kier alpha value is -1.32. The molecule has 0 aromatic heterocycles. The molecule has 0 saturated heterocycles. The molecule has 0 spiro atoms. The molecule has 0 aromatic carbocycles. The van der Waals surface area contributed by atoms with Crippen molar-refractivity contribution in [3.05, 3.63) is 11.3 Å². The highest BCUT2D eigenvalue weighted by Crippen LogP contribution is 2.40. The summed E-state index contributed by atoms with van der Waals surface area (Å²) in [5, 5.41) is 2.78. The zero-order chi connectivity index (χ0) is 12.1. The Morgan fingerprint density at radius 2 is 2.00 bits per heavy atom. The number of hydrogen-bond acceptors (Lipinski definition) is 3. The van der Waals surface area contributed by atoms with Crippen molar-refractivity contribution < 1.29 is 14.3 Å². The van der Waals surface area contributed by atoms with Gasteiger partial charge in [0.1, 0.15) is 5.60 Å². The van der Waals surface area contributed by atoms with Crippen molar-refractivity contribution in [1.29, 1.82) is 0 Å². The van der Waals surface area contributed by atoms with Crippen LogP contribution in [0.4, 0.5) is 0 Å². The fraction of sp³-hybridized carbons (Fsp3) is 0.667. The Balaban J connectivity index is 2.49. The predicted octanol–water partition coefficient (Wildman–Crippen LogP) is 1.37. The molecule has 0 bridgehead atoms. The highest BCUT2D eigenvalue weighted by Gasteiger charge is 2.47. The van der Waals surface area contributed by atoms with E-state index in [-0.39, 0.29) is 23.7 Å². The third kappa shape index (κ3) is 1.52. The average Bonchev–Trinajstić information content (AvgIpc) is 2.36. The van der Waals surface area contributed by atoms with Crippen molar-refractivity contribution in [3.63, 3.8) is 0 Å². The van der Waals surface area contributed by atoms with E-state index in [1.165, 1.54) is 0 Å². The molecular weight excluding hydrogens is 206 g/mol. The van der Waals surface area contributed by atoms with E-state index in [0.29, 0.717) is 17.7 Å². The van der Waals surface area contributed by atoms with Crippen molar-refractivity contribution in [2.75, 3.05) is 0 Å². The van der Waals surface area contributed by atoms with Gasteiger partial charge in [-0.05, 0) is 19.8 Å². The Bertz CT molecular complexity index is 393. The number of carbonyl (C=O) groups excluding carboxylic acids is 2. The smallest absolute Gasteiger partial charge is 0.337 e. The van der Waals surface area contributed by atoms with Crippen LogP contribution in [0.1, 0.15) is 34.1 Å². The Labute approximate surface area is 95.0 Å². The van der Waals surface area contributed by atoms with Gasteiger partial charge in [-0.3, -0.25) is 4.79 Å². The van der Waals surface area contributed by atoms with E-state index in [1.807, 2.05) is 13.8 Å². The van der Waals surface area contributed by atoms with Crippen LogP contribution in [0, 0.1) is 11.8 Å². The zero-order valence-electron chi connectivity index (χ0n) is 10.1. The molecule has 2 rings (SSSR count). The lowest BCUT2D eigenvalue weighted by Crippen LogP contribution is -2.40. The largest absolute Gasteiger partial charge is 0.450 e. The van der Waals surface area contributed by atoms with E-state index >= 15 is 0 Å². The van der Waals surface area contributed by atoms with Gasteiger partial charge in [-0.25, -0.2) is 4.79 Å². The molecule has 0 unspecified atom stereocenters. The van der Waals surface area contributed by atoms with Gasteiger partial charge in [0.15, 0.2) is 0 Å². The van der Waals surface area contributed by atoms with Crippen molar-refractivity contribution in [1.82, 2.24) is 5.32 Å². The molecule has 0 aromatic rings. The second-order valence-corrected chi connectivity index (χ2v) is 5.29. The Morgan fingerprint density at radius 1 is 1.38 bits per heavy atom. The van der Waals surface area contributed by atoms with Gasteiger partial charge < -0.3 is 10.1 Å². The van der Waals surface area contributed by atoms with Crippen molar-refractivity contribution in [3.8, 4) is 0 Å². The first-order valence-electron chi connectivity index (χ1n) is 5.61. The number of hydrogen-bond donors (Lipinski definition) is 1. The third-order valence-corrected chi connectivity index (χ3v) is 3.28. The van der Waals surface area contributed by atoms with Crippen LogP contribution in [0.25, 0.3) is 0 Å². The number of carbonyl (C=O) groups is 2. The topological polar surface area (TPSA) is 55.4 Å². The molecule has 0 aliphatic carbocycles. The molecule has 4 heteroatoms. The van der Waals surface area contributed by atoms with Gasteiger partial charge in [-0.15, -0.1) is 0 Å². The lowest BCUT2D eigenvalue weighted by atomic mass is 9.81. The zero-order valence-corrected chi connectivity index (χ0v) is 10.1. The average molecular weight is 223 g/mol. The summed E-state index contributed by atoms with van der Waals surface area (Å²) in [5.74, 6) is -0.0574. The second-order valence-electron chi connectivity index (χ2n) is 5.29. The van der Waals surface area contributed by atoms with E-state index in [9.17, 15) is 9.59 Å².